The van der Waals surface area contributed by atoms with Gasteiger partial charge in [-0.15, -0.1) is 0 Å². The fourth-order valence-corrected chi connectivity index (χ4v) is 2.87. The van der Waals surface area contributed by atoms with Crippen molar-refractivity contribution < 1.29 is 36.3 Å². The number of anilines is 1. The number of aryl methyl sites for hydroxylation is 1. The number of hydrazine groups is 1. The first-order chi connectivity index (χ1) is 15.5. The molecular weight excluding hydrogens is 449 g/mol. The average Bonchev–Trinajstić information content (AvgIpc) is 2.75. The monoisotopic (exact) mass is 465 g/mol. The van der Waals surface area contributed by atoms with E-state index in [0.29, 0.717) is 12.1 Å². The zero-order chi connectivity index (χ0) is 24.3. The molecule has 0 fully saturated rings. The number of hydrogen-bond donors (Lipinski definition) is 3. The van der Waals surface area contributed by atoms with Crippen LogP contribution in [0, 0.1) is 18.6 Å². The molecule has 0 unspecified atom stereocenters. The van der Waals surface area contributed by atoms with Crippen LogP contribution in [0.3, 0.4) is 0 Å². The third-order valence-corrected chi connectivity index (χ3v) is 4.51. The Hall–Kier alpha value is -3.99. The molecule has 11 heteroatoms. The van der Waals surface area contributed by atoms with Gasteiger partial charge in [0.05, 0.1) is 16.7 Å². The molecule has 0 bridgehead atoms. The molecule has 33 heavy (non-hydrogen) atoms. The van der Waals surface area contributed by atoms with Crippen molar-refractivity contribution in [2.75, 3.05) is 5.32 Å². The maximum absolute atomic E-state index is 13.8. The van der Waals surface area contributed by atoms with Gasteiger partial charge in [0, 0.05) is 5.69 Å². The number of nitrogens with one attached hydrogen (secondary N) is 2. The molecule has 6 nitrogen and oxygen atoms in total. The van der Waals surface area contributed by atoms with E-state index in [1.807, 2.05) is 0 Å². The molecule has 4 N–H and O–H groups in total. The molecule has 3 aromatic rings. The van der Waals surface area contributed by atoms with Gasteiger partial charge in [-0.1, -0.05) is 0 Å². The highest BCUT2D eigenvalue weighted by Gasteiger charge is 2.32. The van der Waals surface area contributed by atoms with Gasteiger partial charge in [0.1, 0.15) is 23.1 Å². The van der Waals surface area contributed by atoms with E-state index in [1.54, 1.807) is 5.43 Å². The van der Waals surface area contributed by atoms with Gasteiger partial charge in [-0.2, -0.15) is 13.2 Å². The number of hydrogen-bond acceptors (Lipinski definition) is 4. The topological polar surface area (TPSA) is 93.4 Å². The number of nitrogen functional groups attached to an aromatic ring is 1. The smallest absolute Gasteiger partial charge is 0.416 e. The summed E-state index contributed by atoms with van der Waals surface area (Å²) in [6, 6.07) is 8.68. The third-order valence-electron chi connectivity index (χ3n) is 4.51. The normalized spacial score (nSPS) is 11.1. The van der Waals surface area contributed by atoms with Gasteiger partial charge in [-0.3, -0.25) is 15.0 Å². The minimum absolute atomic E-state index is 0.0242. The Morgan fingerprint density at radius 1 is 0.879 bits per heavy atom. The van der Waals surface area contributed by atoms with Crippen LogP contribution in [0.15, 0.2) is 54.6 Å². The van der Waals surface area contributed by atoms with Crippen LogP contribution in [-0.4, -0.2) is 11.8 Å². The number of carbonyl (C=O) groups excluding carboxylic acids is 2. The molecule has 0 saturated carbocycles. The lowest BCUT2D eigenvalue weighted by Gasteiger charge is -2.16. The van der Waals surface area contributed by atoms with Crippen LogP contribution in [0.25, 0.3) is 0 Å². The van der Waals surface area contributed by atoms with E-state index >= 15 is 0 Å². The lowest BCUT2D eigenvalue weighted by molar-refractivity contribution is -0.137. The summed E-state index contributed by atoms with van der Waals surface area (Å²) in [5.74, 6) is 1.26. The number of carbonyl (C=O) groups is 2. The Morgan fingerprint density at radius 3 is 2.24 bits per heavy atom. The first-order valence-corrected chi connectivity index (χ1v) is 9.26. The van der Waals surface area contributed by atoms with E-state index in [0.717, 1.165) is 36.4 Å². The SMILES string of the molecule is Cc1cc(F)ccc1Oc1cc(C(F)(F)F)ccc1C(=O)Nc1ccc(F)c(C(=O)NN)c1. The molecule has 0 aliphatic carbocycles. The first kappa shape index (κ1) is 23.7. The molecule has 0 spiro atoms. The minimum Gasteiger partial charge on any atom is -0.456 e. The van der Waals surface area contributed by atoms with E-state index < -0.39 is 46.5 Å². The fourth-order valence-electron chi connectivity index (χ4n) is 2.87. The summed E-state index contributed by atoms with van der Waals surface area (Å²) >= 11 is 0. The highest BCUT2D eigenvalue weighted by Crippen LogP contribution is 2.36. The van der Waals surface area contributed by atoms with E-state index in [2.05, 4.69) is 5.32 Å². The van der Waals surface area contributed by atoms with Crippen LogP contribution in [-0.2, 0) is 6.18 Å². The molecule has 0 heterocycles. The van der Waals surface area contributed by atoms with Gasteiger partial charge in [0.15, 0.2) is 0 Å². The number of ether oxygens (including phenoxy) is 1. The highest BCUT2D eigenvalue weighted by atomic mass is 19.4. The molecule has 0 atom stereocenters. The second-order valence-corrected chi connectivity index (χ2v) is 6.84. The molecule has 3 rings (SSSR count). The zero-order valence-electron chi connectivity index (χ0n) is 16.9. The summed E-state index contributed by atoms with van der Waals surface area (Å²) in [7, 11) is 0. The predicted octanol–water partition coefficient (Wildman–Crippen LogP) is 4.94. The standard InChI is InChI=1S/C22H16F5N3O3/c1-11-8-13(23)3-7-18(11)33-19-9-12(22(25,26)27)2-5-15(19)20(31)29-14-4-6-17(24)16(10-14)21(32)30-28/h2-10H,28H2,1H3,(H,29,31)(H,30,32). The number of benzene rings is 3. The average molecular weight is 465 g/mol. The Kier molecular flexibility index (Phi) is 6.63. The lowest BCUT2D eigenvalue weighted by atomic mass is 10.1. The third kappa shape index (κ3) is 5.44. The molecule has 0 radical (unpaired) electrons. The van der Waals surface area contributed by atoms with Crippen molar-refractivity contribution in [3.05, 3.63) is 88.5 Å². The maximum atomic E-state index is 13.8. The van der Waals surface area contributed by atoms with Gasteiger partial charge >= 0.3 is 6.18 Å². The second kappa shape index (κ2) is 9.25. The maximum Gasteiger partial charge on any atom is 0.416 e. The molecule has 172 valence electrons. The quantitative estimate of drug-likeness (QED) is 0.215. The van der Waals surface area contributed by atoms with Crippen molar-refractivity contribution in [3.8, 4) is 11.5 Å². The van der Waals surface area contributed by atoms with Crippen LogP contribution in [0.1, 0.15) is 31.8 Å². The molecule has 0 aliphatic rings. The van der Waals surface area contributed by atoms with E-state index in [9.17, 15) is 31.5 Å². The van der Waals surface area contributed by atoms with Crippen molar-refractivity contribution in [1.29, 1.82) is 0 Å². The highest BCUT2D eigenvalue weighted by molar-refractivity contribution is 6.07. The summed E-state index contributed by atoms with van der Waals surface area (Å²) < 4.78 is 72.4. The van der Waals surface area contributed by atoms with E-state index in [4.69, 9.17) is 10.6 Å². The molecule has 0 aliphatic heterocycles. The molecule has 2 amide bonds. The largest absolute Gasteiger partial charge is 0.456 e. The van der Waals surface area contributed by atoms with Gasteiger partial charge in [-0.25, -0.2) is 14.6 Å². The summed E-state index contributed by atoms with van der Waals surface area (Å²) in [4.78, 5) is 24.5. The van der Waals surface area contributed by atoms with Crippen molar-refractivity contribution in [3.63, 3.8) is 0 Å². The number of amides is 2. The van der Waals surface area contributed by atoms with Crippen LogP contribution in [0.4, 0.5) is 27.6 Å². The zero-order valence-corrected chi connectivity index (χ0v) is 16.9. The Morgan fingerprint density at radius 2 is 1.61 bits per heavy atom. The van der Waals surface area contributed by atoms with Gasteiger partial charge < -0.3 is 10.1 Å². The van der Waals surface area contributed by atoms with Crippen molar-refractivity contribution in [2.24, 2.45) is 5.84 Å². The minimum atomic E-state index is -4.72. The number of rotatable bonds is 5. The van der Waals surface area contributed by atoms with Crippen LogP contribution < -0.4 is 21.3 Å². The summed E-state index contributed by atoms with van der Waals surface area (Å²) in [6.45, 7) is 1.48. The Labute approximate surface area is 184 Å². The summed E-state index contributed by atoms with van der Waals surface area (Å²) in [6.07, 6.45) is -4.72. The fraction of sp³-hybridized carbons (Fsp3) is 0.0909. The lowest BCUT2D eigenvalue weighted by Crippen LogP contribution is -2.30. The molecular formula is C22H16F5N3O3. The Bertz CT molecular complexity index is 1230. The molecule has 3 aromatic carbocycles. The first-order valence-electron chi connectivity index (χ1n) is 9.26. The van der Waals surface area contributed by atoms with E-state index in [1.165, 1.54) is 13.0 Å². The van der Waals surface area contributed by atoms with Crippen molar-refractivity contribution in [2.45, 2.75) is 13.1 Å². The van der Waals surface area contributed by atoms with Gasteiger partial charge in [-0.05, 0) is 67.1 Å². The van der Waals surface area contributed by atoms with Crippen molar-refractivity contribution >= 4 is 17.5 Å². The summed E-state index contributed by atoms with van der Waals surface area (Å²) in [5.41, 5.74) is 0.198. The predicted molar refractivity (Wildman–Crippen MR) is 109 cm³/mol. The molecule has 0 saturated heterocycles. The Balaban J connectivity index is 1.99. The van der Waals surface area contributed by atoms with Crippen LogP contribution in [0.2, 0.25) is 0 Å². The summed E-state index contributed by atoms with van der Waals surface area (Å²) in [5, 5.41) is 2.37. The van der Waals surface area contributed by atoms with E-state index in [-0.39, 0.29) is 22.6 Å². The molecule has 0 aromatic heterocycles. The van der Waals surface area contributed by atoms with Crippen LogP contribution >= 0.6 is 0 Å². The van der Waals surface area contributed by atoms with Gasteiger partial charge in [0.25, 0.3) is 11.8 Å². The van der Waals surface area contributed by atoms with Crippen LogP contribution in [0.5, 0.6) is 11.5 Å². The van der Waals surface area contributed by atoms with Crippen molar-refractivity contribution in [1.82, 2.24) is 5.43 Å². The van der Waals surface area contributed by atoms with Gasteiger partial charge in [0.2, 0.25) is 0 Å². The number of alkyl halides is 3. The number of nitrogens with two attached hydrogens (primary N) is 1. The second-order valence-electron chi connectivity index (χ2n) is 6.84. The number of halogens is 5.